The minimum Gasteiger partial charge on any atom is -0.504 e. The van der Waals surface area contributed by atoms with Gasteiger partial charge in [-0.1, -0.05) is 13.8 Å². The molecule has 1 saturated carbocycles. The highest BCUT2D eigenvalue weighted by atomic mass is 16.5. The zero-order valence-corrected chi connectivity index (χ0v) is 16.0. The normalized spacial score (nSPS) is 31.0. The van der Waals surface area contributed by atoms with Crippen molar-refractivity contribution in [1.29, 1.82) is 0 Å². The zero-order chi connectivity index (χ0) is 18.5. The van der Waals surface area contributed by atoms with Gasteiger partial charge in [-0.15, -0.1) is 0 Å². The smallest absolute Gasteiger partial charge is 0.180 e. The Hall–Kier alpha value is -1.59. The van der Waals surface area contributed by atoms with E-state index in [0.717, 1.165) is 36.6 Å². The first kappa shape index (κ1) is 17.8. The summed E-state index contributed by atoms with van der Waals surface area (Å²) >= 11 is 0. The third-order valence-corrected chi connectivity index (χ3v) is 6.76. The fraction of sp³-hybridized carbons (Fsp3) is 0.667. The van der Waals surface area contributed by atoms with Gasteiger partial charge in [-0.05, 0) is 49.8 Å². The van der Waals surface area contributed by atoms with Crippen LogP contribution in [0, 0.1) is 11.8 Å². The number of Topliss-reactive ketones (excluding diaryl/α,β-unsaturated/α-hetero) is 1. The summed E-state index contributed by atoms with van der Waals surface area (Å²) in [4.78, 5) is 15.8. The minimum atomic E-state index is -0.172. The highest BCUT2D eigenvalue weighted by molar-refractivity contribution is 6.04. The van der Waals surface area contributed by atoms with Crippen LogP contribution in [-0.4, -0.2) is 55.2 Å². The van der Waals surface area contributed by atoms with Crippen LogP contribution in [-0.2, 0) is 10.2 Å². The summed E-state index contributed by atoms with van der Waals surface area (Å²) in [5, 5.41) is 10.4. The maximum Gasteiger partial charge on any atom is 0.180 e. The van der Waals surface area contributed by atoms with E-state index >= 15 is 0 Å². The molecule has 1 saturated heterocycles. The molecule has 4 rings (SSSR count). The number of aromatic hydroxyl groups is 1. The standard InChI is InChI=1S/C21H29NO4/c1-13-18-19(24)15-6-7-16(23)20(26-11-10-25-3)17(15)21(13,2)8-9-22(18)12-14-4-5-14/h6-7,13-14,18,23H,4-5,8-12H2,1-3H3/t13-,18?,21+/m0/s1. The number of ketones is 1. The van der Waals surface area contributed by atoms with Crippen molar-refractivity contribution in [3.63, 3.8) is 0 Å². The maximum absolute atomic E-state index is 13.4. The maximum atomic E-state index is 13.4. The molecule has 0 aromatic heterocycles. The van der Waals surface area contributed by atoms with Crippen molar-refractivity contribution >= 4 is 5.78 Å². The summed E-state index contributed by atoms with van der Waals surface area (Å²) in [7, 11) is 1.62. The number of hydrogen-bond acceptors (Lipinski definition) is 5. The molecule has 0 amide bonds. The van der Waals surface area contributed by atoms with Crippen LogP contribution in [0.25, 0.3) is 0 Å². The average molecular weight is 359 g/mol. The molecule has 1 heterocycles. The summed E-state index contributed by atoms with van der Waals surface area (Å²) in [5.41, 5.74) is 1.45. The Morgan fingerprint density at radius 1 is 1.31 bits per heavy atom. The van der Waals surface area contributed by atoms with E-state index in [-0.39, 0.29) is 28.9 Å². The van der Waals surface area contributed by atoms with Crippen LogP contribution in [0.4, 0.5) is 0 Å². The van der Waals surface area contributed by atoms with Gasteiger partial charge in [0.2, 0.25) is 0 Å². The van der Waals surface area contributed by atoms with Gasteiger partial charge in [0.15, 0.2) is 17.3 Å². The molecule has 5 heteroatoms. The van der Waals surface area contributed by atoms with E-state index in [4.69, 9.17) is 9.47 Å². The fourth-order valence-corrected chi connectivity index (χ4v) is 4.87. The van der Waals surface area contributed by atoms with Gasteiger partial charge in [-0.2, -0.15) is 0 Å². The third kappa shape index (κ3) is 2.72. The molecule has 142 valence electrons. The molecular formula is C21H29NO4. The molecule has 3 atom stereocenters. The number of fused-ring (bicyclic) bond motifs is 4. The average Bonchev–Trinajstić information content (AvgIpc) is 3.42. The highest BCUT2D eigenvalue weighted by Gasteiger charge is 2.54. The summed E-state index contributed by atoms with van der Waals surface area (Å²) < 4.78 is 11.0. The molecule has 3 aliphatic rings. The Labute approximate surface area is 155 Å². The molecule has 0 radical (unpaired) electrons. The molecule has 2 aliphatic carbocycles. The van der Waals surface area contributed by atoms with E-state index in [2.05, 4.69) is 18.7 Å². The summed E-state index contributed by atoms with van der Waals surface area (Å²) in [5.74, 6) is 1.73. The highest BCUT2D eigenvalue weighted by Crippen LogP contribution is 2.54. The molecule has 1 aromatic carbocycles. The quantitative estimate of drug-likeness (QED) is 0.791. The van der Waals surface area contributed by atoms with Crippen LogP contribution in [0.1, 0.15) is 49.0 Å². The molecule has 1 aliphatic heterocycles. The van der Waals surface area contributed by atoms with Gasteiger partial charge in [0.05, 0.1) is 12.6 Å². The lowest BCUT2D eigenvalue weighted by Crippen LogP contribution is -2.61. The Kier molecular flexibility index (Phi) is 4.48. The number of methoxy groups -OCH3 is 1. The summed E-state index contributed by atoms with van der Waals surface area (Å²) in [6.45, 7) is 7.19. The van der Waals surface area contributed by atoms with Crippen LogP contribution >= 0.6 is 0 Å². The van der Waals surface area contributed by atoms with Crippen molar-refractivity contribution in [2.45, 2.75) is 44.6 Å². The van der Waals surface area contributed by atoms with Gasteiger partial charge in [-0.25, -0.2) is 0 Å². The van der Waals surface area contributed by atoms with Crippen LogP contribution in [0.3, 0.4) is 0 Å². The van der Waals surface area contributed by atoms with Gasteiger partial charge in [-0.3, -0.25) is 9.69 Å². The van der Waals surface area contributed by atoms with Gasteiger partial charge in [0, 0.05) is 30.2 Å². The Morgan fingerprint density at radius 3 is 2.77 bits per heavy atom. The molecule has 26 heavy (non-hydrogen) atoms. The topological polar surface area (TPSA) is 59.0 Å². The van der Waals surface area contributed by atoms with Crippen LogP contribution in [0.5, 0.6) is 11.5 Å². The molecule has 2 bridgehead atoms. The molecule has 1 unspecified atom stereocenters. The van der Waals surface area contributed by atoms with Crippen molar-refractivity contribution in [3.05, 3.63) is 23.3 Å². The largest absolute Gasteiger partial charge is 0.504 e. The van der Waals surface area contributed by atoms with E-state index in [0.29, 0.717) is 19.0 Å². The predicted molar refractivity (Wildman–Crippen MR) is 99.0 cm³/mol. The predicted octanol–water partition coefficient (Wildman–Crippen LogP) is 2.99. The molecular weight excluding hydrogens is 330 g/mol. The number of nitrogens with zero attached hydrogens (tertiary/aromatic N) is 1. The monoisotopic (exact) mass is 359 g/mol. The number of likely N-dealkylation sites (tertiary alicyclic amines) is 1. The number of ether oxygens (including phenoxy) is 2. The van der Waals surface area contributed by atoms with Gasteiger partial charge in [0.1, 0.15) is 6.61 Å². The van der Waals surface area contributed by atoms with Crippen molar-refractivity contribution in [2.75, 3.05) is 33.4 Å². The number of piperidine rings is 1. The fourth-order valence-electron chi connectivity index (χ4n) is 4.87. The molecule has 0 spiro atoms. The molecule has 1 N–H and O–H groups in total. The summed E-state index contributed by atoms with van der Waals surface area (Å²) in [6, 6.07) is 3.32. The van der Waals surface area contributed by atoms with Crippen molar-refractivity contribution < 1.29 is 19.4 Å². The second kappa shape index (κ2) is 6.54. The first-order valence-corrected chi connectivity index (χ1v) is 9.74. The van der Waals surface area contributed by atoms with Crippen LogP contribution < -0.4 is 4.74 Å². The van der Waals surface area contributed by atoms with Gasteiger partial charge < -0.3 is 14.6 Å². The molecule has 5 nitrogen and oxygen atoms in total. The first-order chi connectivity index (χ1) is 12.5. The van der Waals surface area contributed by atoms with Crippen molar-refractivity contribution in [2.24, 2.45) is 11.8 Å². The number of phenols is 1. The Morgan fingerprint density at radius 2 is 2.08 bits per heavy atom. The lowest BCUT2D eigenvalue weighted by molar-refractivity contribution is 0.0251. The van der Waals surface area contributed by atoms with E-state index in [1.807, 2.05) is 0 Å². The van der Waals surface area contributed by atoms with Gasteiger partial charge in [0.25, 0.3) is 0 Å². The van der Waals surface area contributed by atoms with E-state index in [1.165, 1.54) is 12.8 Å². The van der Waals surface area contributed by atoms with E-state index in [9.17, 15) is 9.90 Å². The number of hydrogen-bond donors (Lipinski definition) is 1. The number of benzene rings is 1. The third-order valence-electron chi connectivity index (χ3n) is 6.76. The van der Waals surface area contributed by atoms with Crippen molar-refractivity contribution in [3.8, 4) is 11.5 Å². The SMILES string of the molecule is COCCOc1c(O)ccc2c1[C@]1(C)CCN(CC3CC3)C(C2=O)[C@@H]1C. The van der Waals surface area contributed by atoms with Crippen LogP contribution in [0.2, 0.25) is 0 Å². The number of phenolic OH excluding ortho intramolecular Hbond substituents is 1. The Bertz CT molecular complexity index is 714. The minimum absolute atomic E-state index is 0.0572. The van der Waals surface area contributed by atoms with Crippen molar-refractivity contribution in [1.82, 2.24) is 4.90 Å². The molecule has 2 fully saturated rings. The second-order valence-electron chi connectivity index (χ2n) is 8.38. The number of rotatable bonds is 6. The Balaban J connectivity index is 1.75. The second-order valence-corrected chi connectivity index (χ2v) is 8.38. The number of carbonyl (C=O) groups excluding carboxylic acids is 1. The molecule has 1 aromatic rings. The lowest BCUT2D eigenvalue weighted by atomic mass is 9.58. The lowest BCUT2D eigenvalue weighted by Gasteiger charge is -2.53. The zero-order valence-electron chi connectivity index (χ0n) is 16.0. The van der Waals surface area contributed by atoms with Crippen LogP contribution in [0.15, 0.2) is 12.1 Å². The summed E-state index contributed by atoms with van der Waals surface area (Å²) in [6.07, 6.45) is 3.57. The van der Waals surface area contributed by atoms with Gasteiger partial charge >= 0.3 is 0 Å². The number of carbonyl (C=O) groups is 1. The van der Waals surface area contributed by atoms with E-state index < -0.39 is 0 Å². The first-order valence-electron chi connectivity index (χ1n) is 9.74. The van der Waals surface area contributed by atoms with E-state index in [1.54, 1.807) is 19.2 Å².